The summed E-state index contributed by atoms with van der Waals surface area (Å²) in [5.41, 5.74) is 18.8. The van der Waals surface area contributed by atoms with Crippen molar-refractivity contribution in [3.63, 3.8) is 0 Å². The van der Waals surface area contributed by atoms with Gasteiger partial charge in [0.05, 0.1) is 5.69 Å². The van der Waals surface area contributed by atoms with Crippen molar-refractivity contribution in [1.29, 1.82) is 0 Å². The number of hydrogen-bond acceptors (Lipinski definition) is 5. The van der Waals surface area contributed by atoms with Crippen LogP contribution in [0.15, 0.2) is 28.8 Å². The number of pyridine rings is 1. The minimum Gasteiger partial charge on any atom is -0.370 e. The second-order valence-corrected chi connectivity index (χ2v) is 4.17. The maximum absolute atomic E-state index is 5.56. The lowest BCUT2D eigenvalue weighted by atomic mass is 10.2. The van der Waals surface area contributed by atoms with Gasteiger partial charge in [-0.05, 0) is 11.6 Å². The molecule has 0 aliphatic carbocycles. The third-order valence-electron chi connectivity index (χ3n) is 2.04. The van der Waals surface area contributed by atoms with Gasteiger partial charge in [-0.15, -0.1) is 48.6 Å². The summed E-state index contributed by atoms with van der Waals surface area (Å²) >= 11 is 1.37. The molecule has 10 heteroatoms. The predicted octanol–water partition coefficient (Wildman–Crippen LogP) is 1.83. The highest BCUT2D eigenvalue weighted by Crippen LogP contribution is 2.26. The molecular weight excluding hydrogens is 343 g/mol. The molecule has 2 aromatic heterocycles. The van der Waals surface area contributed by atoms with Gasteiger partial charge in [0.15, 0.2) is 5.96 Å². The van der Waals surface area contributed by atoms with Gasteiger partial charge in [0.1, 0.15) is 0 Å². The Morgan fingerprint density at radius 1 is 1.20 bits per heavy atom. The van der Waals surface area contributed by atoms with E-state index in [1.54, 1.807) is 12.4 Å². The van der Waals surface area contributed by atoms with Crippen molar-refractivity contribution in [2.45, 2.75) is 6.54 Å². The predicted molar refractivity (Wildman–Crippen MR) is 90.5 cm³/mol. The Hall–Kier alpha value is -1.12. The maximum atomic E-state index is 5.56. The number of hydrogen-bond donors (Lipinski definition) is 3. The van der Waals surface area contributed by atoms with Crippen LogP contribution in [0, 0.1) is 0 Å². The van der Waals surface area contributed by atoms with Gasteiger partial charge in [0.2, 0.25) is 5.13 Å². The Balaban J connectivity index is 0. The highest BCUT2D eigenvalue weighted by Gasteiger charge is 2.05. The Labute approximate surface area is 139 Å². The first-order valence-electron chi connectivity index (χ1n) is 4.88. The number of aromatic nitrogens is 2. The summed E-state index contributed by atoms with van der Waals surface area (Å²) in [6.45, 7) is 0.450. The lowest BCUT2D eigenvalue weighted by Gasteiger charge is -1.98. The topological polar surface area (TPSA) is 116 Å². The van der Waals surface area contributed by atoms with Gasteiger partial charge < -0.3 is 17.2 Å². The zero-order valence-electron chi connectivity index (χ0n) is 10.2. The van der Waals surface area contributed by atoms with E-state index in [1.165, 1.54) is 11.3 Å². The monoisotopic (exact) mass is 356 g/mol. The Kier molecular flexibility index (Phi) is 10.3. The smallest absolute Gasteiger partial charge is 0.212 e. The molecule has 0 aliphatic rings. The fourth-order valence-electron chi connectivity index (χ4n) is 1.30. The highest BCUT2D eigenvalue weighted by atomic mass is 35.5. The second-order valence-electron chi connectivity index (χ2n) is 3.34. The van der Waals surface area contributed by atoms with E-state index >= 15 is 0 Å². The number of nitrogens with zero attached hydrogens (tertiary/aromatic N) is 3. The van der Waals surface area contributed by atoms with Crippen molar-refractivity contribution in [2.75, 3.05) is 0 Å². The molecule has 6 nitrogen and oxygen atoms in total. The molecule has 112 valence electrons. The second kappa shape index (κ2) is 9.73. The maximum Gasteiger partial charge on any atom is 0.212 e. The zero-order chi connectivity index (χ0) is 12.3. The fraction of sp³-hybridized carbons (Fsp3) is 0.100. The van der Waals surface area contributed by atoms with E-state index < -0.39 is 0 Å². The number of nitrogens with two attached hydrogens (primary N) is 3. The molecule has 0 radical (unpaired) electrons. The van der Waals surface area contributed by atoms with Gasteiger partial charge in [-0.25, -0.2) is 4.98 Å². The molecule has 0 atom stereocenters. The molecule has 0 aromatic carbocycles. The first-order chi connectivity index (χ1) is 8.19. The molecule has 2 rings (SSSR count). The van der Waals surface area contributed by atoms with Gasteiger partial charge >= 0.3 is 0 Å². The van der Waals surface area contributed by atoms with Crippen molar-refractivity contribution < 1.29 is 0 Å². The van der Waals surface area contributed by atoms with Crippen LogP contribution < -0.4 is 17.2 Å². The largest absolute Gasteiger partial charge is 0.370 e. The van der Waals surface area contributed by atoms with Crippen LogP contribution in [0.2, 0.25) is 0 Å². The van der Waals surface area contributed by atoms with Crippen LogP contribution in [0.5, 0.6) is 0 Å². The average molecular weight is 358 g/mol. The summed E-state index contributed by atoms with van der Waals surface area (Å²) < 4.78 is 0. The normalized spacial score (nSPS) is 8.65. The minimum atomic E-state index is -0.000246. The number of guanidine groups is 1. The molecule has 0 aliphatic heterocycles. The van der Waals surface area contributed by atoms with Crippen molar-refractivity contribution >= 4 is 59.6 Å². The van der Waals surface area contributed by atoms with Crippen LogP contribution >= 0.6 is 48.6 Å². The first-order valence-corrected chi connectivity index (χ1v) is 5.76. The van der Waals surface area contributed by atoms with E-state index in [-0.39, 0.29) is 43.2 Å². The van der Waals surface area contributed by atoms with Crippen LogP contribution in [0.1, 0.15) is 5.56 Å². The third-order valence-corrected chi connectivity index (χ3v) is 2.78. The summed E-state index contributed by atoms with van der Waals surface area (Å²) in [6, 6.07) is 1.95. The van der Waals surface area contributed by atoms with E-state index in [0.29, 0.717) is 11.7 Å². The summed E-state index contributed by atoms with van der Waals surface area (Å²) in [6.07, 6.45) is 3.46. The van der Waals surface area contributed by atoms with E-state index in [1.807, 2.05) is 11.4 Å². The molecule has 2 aromatic rings. The van der Waals surface area contributed by atoms with Gasteiger partial charge in [-0.3, -0.25) is 4.98 Å². The van der Waals surface area contributed by atoms with Crippen LogP contribution in [0.4, 0.5) is 5.13 Å². The van der Waals surface area contributed by atoms with Crippen LogP contribution in [-0.2, 0) is 6.54 Å². The molecule has 6 N–H and O–H groups in total. The highest BCUT2D eigenvalue weighted by molar-refractivity contribution is 7.13. The Morgan fingerprint density at radius 2 is 1.90 bits per heavy atom. The van der Waals surface area contributed by atoms with Gasteiger partial charge in [-0.1, -0.05) is 0 Å². The van der Waals surface area contributed by atoms with Crippen molar-refractivity contribution in [3.8, 4) is 11.3 Å². The van der Waals surface area contributed by atoms with E-state index in [9.17, 15) is 0 Å². The lowest BCUT2D eigenvalue weighted by Crippen LogP contribution is -2.21. The fourth-order valence-corrected chi connectivity index (χ4v) is 2.01. The Bertz CT molecular complexity index is 555. The van der Waals surface area contributed by atoms with E-state index in [0.717, 1.165) is 16.8 Å². The lowest BCUT2D eigenvalue weighted by molar-refractivity contribution is 1.05. The third kappa shape index (κ3) is 5.48. The molecule has 0 fully saturated rings. The molecule has 0 saturated heterocycles. The standard InChI is InChI=1S/C10H12N6S.3ClH/c11-2-6-1-7(4-14-3-6)8-5-17-10(15-8)16-9(12)13;;;/h1,3-5H,2,11H2,(H4,12,13,15,16);3*1H. The average Bonchev–Trinajstić information content (AvgIpc) is 2.77. The first kappa shape index (κ1) is 21.2. The van der Waals surface area contributed by atoms with Gasteiger partial charge in [0.25, 0.3) is 0 Å². The van der Waals surface area contributed by atoms with Crippen LogP contribution in [0.25, 0.3) is 11.3 Å². The summed E-state index contributed by atoms with van der Waals surface area (Å²) in [5, 5.41) is 2.40. The van der Waals surface area contributed by atoms with Gasteiger partial charge in [0, 0.05) is 29.9 Å². The zero-order valence-corrected chi connectivity index (χ0v) is 13.5. The van der Waals surface area contributed by atoms with E-state index in [2.05, 4.69) is 15.0 Å². The molecule has 0 amide bonds. The number of halogens is 3. The number of rotatable bonds is 3. The number of thiazole rings is 1. The molecule has 20 heavy (non-hydrogen) atoms. The minimum absolute atomic E-state index is 0. The van der Waals surface area contributed by atoms with Crippen molar-refractivity contribution in [2.24, 2.45) is 22.2 Å². The Morgan fingerprint density at radius 3 is 2.50 bits per heavy atom. The summed E-state index contributed by atoms with van der Waals surface area (Å²) in [4.78, 5) is 12.3. The molecular formula is C10H15Cl3N6S. The quantitative estimate of drug-likeness (QED) is 0.572. The molecule has 0 spiro atoms. The van der Waals surface area contributed by atoms with E-state index in [4.69, 9.17) is 17.2 Å². The summed E-state index contributed by atoms with van der Waals surface area (Å²) in [5.74, 6) is -0.000246. The van der Waals surface area contributed by atoms with Crippen LogP contribution in [0.3, 0.4) is 0 Å². The van der Waals surface area contributed by atoms with Crippen LogP contribution in [-0.4, -0.2) is 15.9 Å². The van der Waals surface area contributed by atoms with Crippen molar-refractivity contribution in [1.82, 2.24) is 9.97 Å². The molecule has 2 heterocycles. The molecule has 0 unspecified atom stereocenters. The van der Waals surface area contributed by atoms with Crippen molar-refractivity contribution in [3.05, 3.63) is 29.4 Å². The SMILES string of the molecule is Cl.Cl.Cl.NCc1cncc(-c2csc(N=C(N)N)n2)c1. The molecule has 0 bridgehead atoms. The number of aliphatic imine (C=N–C) groups is 1. The van der Waals surface area contributed by atoms with Gasteiger partial charge in [-0.2, -0.15) is 4.99 Å². The summed E-state index contributed by atoms with van der Waals surface area (Å²) in [7, 11) is 0. The molecule has 0 saturated carbocycles.